The summed E-state index contributed by atoms with van der Waals surface area (Å²) in [6.07, 6.45) is 2.80. The number of hydrogen-bond donors (Lipinski definition) is 0. The van der Waals surface area contributed by atoms with Gasteiger partial charge in [-0.2, -0.15) is 0 Å². The second-order valence-corrected chi connectivity index (χ2v) is 9.31. The summed E-state index contributed by atoms with van der Waals surface area (Å²) in [5.41, 5.74) is 3.78. The number of amides is 2. The number of benzene rings is 3. The van der Waals surface area contributed by atoms with Crippen molar-refractivity contribution in [3.05, 3.63) is 126 Å². The van der Waals surface area contributed by atoms with Crippen LogP contribution < -0.4 is 4.74 Å². The van der Waals surface area contributed by atoms with Gasteiger partial charge in [0.2, 0.25) is 5.91 Å². The van der Waals surface area contributed by atoms with Gasteiger partial charge >= 0.3 is 0 Å². The Bertz CT molecular complexity index is 1320. The van der Waals surface area contributed by atoms with E-state index in [0.29, 0.717) is 31.7 Å². The van der Waals surface area contributed by atoms with Crippen molar-refractivity contribution in [2.45, 2.75) is 33.0 Å². The topological polar surface area (TPSA) is 54.8 Å². The lowest BCUT2D eigenvalue weighted by Crippen LogP contribution is -2.43. The SMILES string of the molecule is CCCN(CC(=O)N(Cc1ccccc1)Cc1cccn1Cc1cccc(OC)c1)C(=O)c1ccccc1. The van der Waals surface area contributed by atoms with Gasteiger partial charge in [-0.05, 0) is 53.9 Å². The fraction of sp³-hybridized carbons (Fsp3) is 0.250. The van der Waals surface area contributed by atoms with Crippen LogP contribution >= 0.6 is 0 Å². The molecule has 0 bridgehead atoms. The van der Waals surface area contributed by atoms with Gasteiger partial charge in [0, 0.05) is 37.1 Å². The Balaban J connectivity index is 1.55. The first kappa shape index (κ1) is 26.7. The number of nitrogens with zero attached hydrogens (tertiary/aromatic N) is 3. The molecule has 0 saturated heterocycles. The van der Waals surface area contributed by atoms with Gasteiger partial charge in [-0.25, -0.2) is 0 Å². The largest absolute Gasteiger partial charge is 0.497 e. The molecule has 6 nitrogen and oxygen atoms in total. The average molecular weight is 510 g/mol. The summed E-state index contributed by atoms with van der Waals surface area (Å²) < 4.78 is 7.53. The van der Waals surface area contributed by atoms with E-state index >= 15 is 0 Å². The molecule has 4 rings (SSSR count). The number of carbonyl (C=O) groups excluding carboxylic acids is 2. The lowest BCUT2D eigenvalue weighted by molar-refractivity contribution is -0.133. The summed E-state index contributed by atoms with van der Waals surface area (Å²) in [4.78, 5) is 30.5. The Morgan fingerprint density at radius 3 is 2.21 bits per heavy atom. The third kappa shape index (κ3) is 7.13. The van der Waals surface area contributed by atoms with Crippen LogP contribution in [0.3, 0.4) is 0 Å². The van der Waals surface area contributed by atoms with Crippen molar-refractivity contribution in [2.75, 3.05) is 20.2 Å². The van der Waals surface area contributed by atoms with E-state index in [1.165, 1.54) is 0 Å². The Kier molecular flexibility index (Phi) is 9.35. The highest BCUT2D eigenvalue weighted by Crippen LogP contribution is 2.17. The summed E-state index contributed by atoms with van der Waals surface area (Å²) in [5.74, 6) is 0.610. The molecule has 0 aliphatic heterocycles. The molecule has 6 heteroatoms. The average Bonchev–Trinajstić information content (AvgIpc) is 3.39. The van der Waals surface area contributed by atoms with Crippen molar-refractivity contribution in [3.8, 4) is 5.75 Å². The van der Waals surface area contributed by atoms with Gasteiger partial charge in [0.15, 0.2) is 0 Å². The monoisotopic (exact) mass is 509 g/mol. The van der Waals surface area contributed by atoms with Gasteiger partial charge in [-0.15, -0.1) is 0 Å². The molecular formula is C32H35N3O3. The Morgan fingerprint density at radius 1 is 0.789 bits per heavy atom. The van der Waals surface area contributed by atoms with Crippen molar-refractivity contribution >= 4 is 11.8 Å². The molecule has 0 spiro atoms. The van der Waals surface area contributed by atoms with Crippen molar-refractivity contribution in [3.63, 3.8) is 0 Å². The van der Waals surface area contributed by atoms with E-state index in [-0.39, 0.29) is 18.4 Å². The number of ether oxygens (including phenoxy) is 1. The van der Waals surface area contributed by atoms with E-state index in [9.17, 15) is 9.59 Å². The van der Waals surface area contributed by atoms with E-state index in [1.807, 2.05) is 96.9 Å². The van der Waals surface area contributed by atoms with Gasteiger partial charge in [0.1, 0.15) is 12.3 Å². The summed E-state index contributed by atoms with van der Waals surface area (Å²) in [6, 6.07) is 31.2. The van der Waals surface area contributed by atoms with Gasteiger partial charge < -0.3 is 19.1 Å². The first-order valence-corrected chi connectivity index (χ1v) is 13.0. The van der Waals surface area contributed by atoms with E-state index in [0.717, 1.165) is 29.0 Å². The zero-order chi connectivity index (χ0) is 26.7. The zero-order valence-electron chi connectivity index (χ0n) is 22.1. The van der Waals surface area contributed by atoms with Crippen LogP contribution in [0.5, 0.6) is 5.75 Å². The number of methoxy groups -OCH3 is 1. The smallest absolute Gasteiger partial charge is 0.254 e. The van der Waals surface area contributed by atoms with Crippen LogP contribution in [0.2, 0.25) is 0 Å². The standard InChI is InChI=1S/C32H35N3O3/c1-3-19-34(32(37)28-15-8-5-9-16-28)25-31(36)35(22-26-12-6-4-7-13-26)24-29-17-11-20-33(29)23-27-14-10-18-30(21-27)38-2/h4-18,20-21H,3,19,22-25H2,1-2H3. The maximum Gasteiger partial charge on any atom is 0.254 e. The van der Waals surface area contributed by atoms with Crippen LogP contribution in [-0.4, -0.2) is 46.4 Å². The van der Waals surface area contributed by atoms with E-state index in [4.69, 9.17) is 4.74 Å². The number of carbonyl (C=O) groups is 2. The van der Waals surface area contributed by atoms with Crippen molar-refractivity contribution in [1.82, 2.24) is 14.4 Å². The van der Waals surface area contributed by atoms with E-state index in [1.54, 1.807) is 24.1 Å². The van der Waals surface area contributed by atoms with Crippen LogP contribution in [-0.2, 0) is 24.4 Å². The van der Waals surface area contributed by atoms with Crippen LogP contribution in [0.4, 0.5) is 0 Å². The van der Waals surface area contributed by atoms with Gasteiger partial charge in [0.25, 0.3) is 5.91 Å². The maximum absolute atomic E-state index is 13.8. The molecule has 0 N–H and O–H groups in total. The predicted octanol–water partition coefficient (Wildman–Crippen LogP) is 5.63. The third-order valence-electron chi connectivity index (χ3n) is 6.46. The van der Waals surface area contributed by atoms with Crippen LogP contribution in [0, 0.1) is 0 Å². The lowest BCUT2D eigenvalue weighted by atomic mass is 10.1. The molecule has 4 aromatic rings. The number of aromatic nitrogens is 1. The van der Waals surface area contributed by atoms with E-state index < -0.39 is 0 Å². The highest BCUT2D eigenvalue weighted by atomic mass is 16.5. The molecule has 1 heterocycles. The molecule has 38 heavy (non-hydrogen) atoms. The van der Waals surface area contributed by atoms with Crippen LogP contribution in [0.1, 0.15) is 40.5 Å². The minimum absolute atomic E-state index is 0.0327. The molecule has 0 atom stereocenters. The maximum atomic E-state index is 13.8. The van der Waals surface area contributed by atoms with Crippen molar-refractivity contribution in [1.29, 1.82) is 0 Å². The number of hydrogen-bond acceptors (Lipinski definition) is 3. The summed E-state index contributed by atoms with van der Waals surface area (Å²) in [7, 11) is 1.66. The van der Waals surface area contributed by atoms with Crippen LogP contribution in [0.25, 0.3) is 0 Å². The fourth-order valence-electron chi connectivity index (χ4n) is 4.50. The van der Waals surface area contributed by atoms with Crippen molar-refractivity contribution < 1.29 is 14.3 Å². The normalized spacial score (nSPS) is 10.7. The molecule has 0 aliphatic carbocycles. The molecule has 0 unspecified atom stereocenters. The number of rotatable bonds is 12. The van der Waals surface area contributed by atoms with Gasteiger partial charge in [-0.1, -0.05) is 67.6 Å². The van der Waals surface area contributed by atoms with Gasteiger partial charge in [0.05, 0.1) is 13.7 Å². The van der Waals surface area contributed by atoms with E-state index in [2.05, 4.69) is 10.6 Å². The lowest BCUT2D eigenvalue weighted by Gasteiger charge is -2.28. The molecule has 2 amide bonds. The highest BCUT2D eigenvalue weighted by molar-refractivity contribution is 5.96. The molecule has 0 fully saturated rings. The summed E-state index contributed by atoms with van der Waals surface area (Å²) >= 11 is 0. The molecule has 0 aliphatic rings. The van der Waals surface area contributed by atoms with Crippen LogP contribution in [0.15, 0.2) is 103 Å². The second-order valence-electron chi connectivity index (χ2n) is 9.31. The summed E-state index contributed by atoms with van der Waals surface area (Å²) in [5, 5.41) is 0. The molecule has 1 aromatic heterocycles. The Morgan fingerprint density at radius 2 is 1.50 bits per heavy atom. The van der Waals surface area contributed by atoms with Gasteiger partial charge in [-0.3, -0.25) is 9.59 Å². The molecule has 0 saturated carbocycles. The highest BCUT2D eigenvalue weighted by Gasteiger charge is 2.23. The zero-order valence-corrected chi connectivity index (χ0v) is 22.1. The second kappa shape index (κ2) is 13.3. The molecular weight excluding hydrogens is 474 g/mol. The quantitative estimate of drug-likeness (QED) is 0.249. The minimum atomic E-state index is -0.123. The minimum Gasteiger partial charge on any atom is -0.497 e. The fourth-order valence-corrected chi connectivity index (χ4v) is 4.50. The molecule has 0 radical (unpaired) electrons. The predicted molar refractivity (Wildman–Crippen MR) is 150 cm³/mol. The third-order valence-corrected chi connectivity index (χ3v) is 6.46. The first-order valence-electron chi connectivity index (χ1n) is 13.0. The Hall–Kier alpha value is -4.32. The molecule has 196 valence electrons. The van der Waals surface area contributed by atoms with Crippen molar-refractivity contribution in [2.24, 2.45) is 0 Å². The summed E-state index contributed by atoms with van der Waals surface area (Å²) in [6.45, 7) is 4.13. The first-order chi connectivity index (χ1) is 18.6. The molecule has 3 aromatic carbocycles. The Labute approximate surface area is 225 Å².